The highest BCUT2D eigenvalue weighted by Gasteiger charge is 2.21. The zero-order valence-electron chi connectivity index (χ0n) is 15.1. The smallest absolute Gasteiger partial charge is 0.258 e. The maximum atomic E-state index is 13.4. The minimum atomic E-state index is -0.132. The maximum absolute atomic E-state index is 13.4. The van der Waals surface area contributed by atoms with E-state index in [4.69, 9.17) is 23.2 Å². The Morgan fingerprint density at radius 3 is 2.61 bits per heavy atom. The number of hydrogen-bond acceptors (Lipinski definition) is 2. The van der Waals surface area contributed by atoms with Gasteiger partial charge in [-0.25, -0.2) is 0 Å². The second-order valence-electron chi connectivity index (χ2n) is 6.61. The molecule has 0 saturated heterocycles. The van der Waals surface area contributed by atoms with Crippen LogP contribution in [-0.2, 0) is 6.54 Å². The molecule has 140 valence electrons. The lowest BCUT2D eigenvalue weighted by atomic mass is 10.1. The van der Waals surface area contributed by atoms with Crippen LogP contribution in [0.2, 0.25) is 10.0 Å². The molecule has 2 aromatic heterocycles. The van der Waals surface area contributed by atoms with Crippen molar-refractivity contribution >= 4 is 45.7 Å². The van der Waals surface area contributed by atoms with Gasteiger partial charge in [-0.3, -0.25) is 9.78 Å². The number of halogens is 2. The molecule has 4 nitrogen and oxygen atoms in total. The molecule has 0 fully saturated rings. The normalized spacial score (nSPS) is 11.0. The Balaban J connectivity index is 1.78. The summed E-state index contributed by atoms with van der Waals surface area (Å²) in [5.41, 5.74) is 4.11. The molecule has 4 rings (SSSR count). The van der Waals surface area contributed by atoms with Crippen molar-refractivity contribution in [1.82, 2.24) is 9.97 Å². The average molecular weight is 410 g/mol. The van der Waals surface area contributed by atoms with Crippen molar-refractivity contribution in [2.24, 2.45) is 0 Å². The first-order chi connectivity index (χ1) is 13.5. The summed E-state index contributed by atoms with van der Waals surface area (Å²) < 4.78 is 0. The molecular formula is C22H17Cl2N3O. The van der Waals surface area contributed by atoms with Crippen LogP contribution in [0.5, 0.6) is 0 Å². The minimum Gasteiger partial charge on any atom is -0.361 e. The van der Waals surface area contributed by atoms with E-state index in [9.17, 15) is 4.79 Å². The Kier molecular flexibility index (Phi) is 5.07. The summed E-state index contributed by atoms with van der Waals surface area (Å²) in [4.78, 5) is 22.4. The number of amides is 1. The lowest BCUT2D eigenvalue weighted by Crippen LogP contribution is -2.31. The molecule has 0 aliphatic heterocycles. The van der Waals surface area contributed by atoms with Crippen LogP contribution in [0.15, 0.2) is 67.1 Å². The molecule has 0 bridgehead atoms. The molecule has 0 aliphatic rings. The highest BCUT2D eigenvalue weighted by Crippen LogP contribution is 2.29. The molecule has 28 heavy (non-hydrogen) atoms. The van der Waals surface area contributed by atoms with Gasteiger partial charge in [-0.15, -0.1) is 0 Å². The van der Waals surface area contributed by atoms with E-state index in [1.807, 2.05) is 31.3 Å². The second-order valence-corrected chi connectivity index (χ2v) is 7.48. The van der Waals surface area contributed by atoms with Gasteiger partial charge in [-0.1, -0.05) is 29.3 Å². The third-order valence-electron chi connectivity index (χ3n) is 4.61. The summed E-state index contributed by atoms with van der Waals surface area (Å²) in [6.45, 7) is 2.26. The van der Waals surface area contributed by atoms with E-state index in [0.29, 0.717) is 27.8 Å². The Bertz CT molecular complexity index is 1150. The van der Waals surface area contributed by atoms with Gasteiger partial charge in [0.05, 0.1) is 6.54 Å². The van der Waals surface area contributed by atoms with Gasteiger partial charge in [0.15, 0.2) is 0 Å². The third kappa shape index (κ3) is 3.75. The number of aryl methyl sites for hydroxylation is 1. The number of rotatable bonds is 4. The predicted molar refractivity (Wildman–Crippen MR) is 114 cm³/mol. The summed E-state index contributed by atoms with van der Waals surface area (Å²) in [5, 5.41) is 2.05. The summed E-state index contributed by atoms with van der Waals surface area (Å²) >= 11 is 12.4. The van der Waals surface area contributed by atoms with Gasteiger partial charge in [-0.05, 0) is 65.9 Å². The second kappa shape index (κ2) is 7.66. The van der Waals surface area contributed by atoms with Crippen LogP contribution < -0.4 is 4.90 Å². The van der Waals surface area contributed by atoms with Gasteiger partial charge in [-0.2, -0.15) is 0 Å². The Hall–Kier alpha value is -2.82. The zero-order chi connectivity index (χ0) is 19.7. The number of benzene rings is 2. The van der Waals surface area contributed by atoms with Gasteiger partial charge in [0.1, 0.15) is 0 Å². The topological polar surface area (TPSA) is 49.0 Å². The van der Waals surface area contributed by atoms with Gasteiger partial charge < -0.3 is 9.88 Å². The van der Waals surface area contributed by atoms with Gasteiger partial charge in [0, 0.05) is 45.4 Å². The highest BCUT2D eigenvalue weighted by molar-refractivity contribution is 6.35. The SMILES string of the molecule is Cc1cnccc1C(=O)N(Cc1ccc2[nH]ccc2c1)c1cc(Cl)cc(Cl)c1. The van der Waals surface area contributed by atoms with Gasteiger partial charge >= 0.3 is 0 Å². The van der Waals surface area contributed by atoms with Crippen molar-refractivity contribution in [1.29, 1.82) is 0 Å². The van der Waals surface area contributed by atoms with Crippen molar-refractivity contribution < 1.29 is 4.79 Å². The van der Waals surface area contributed by atoms with Gasteiger partial charge in [0.2, 0.25) is 0 Å². The maximum Gasteiger partial charge on any atom is 0.258 e. The average Bonchev–Trinajstić information content (AvgIpc) is 3.13. The first-order valence-electron chi connectivity index (χ1n) is 8.76. The highest BCUT2D eigenvalue weighted by atomic mass is 35.5. The molecule has 4 aromatic rings. The summed E-state index contributed by atoms with van der Waals surface area (Å²) in [5.74, 6) is -0.132. The standard InChI is InChI=1S/C22H17Cl2N3O/c1-14-12-25-6-5-20(14)22(28)27(19-10-17(23)9-18(24)11-19)13-15-2-3-21-16(8-15)4-7-26-21/h2-12,26H,13H2,1H3. The van der Waals surface area contributed by atoms with Crippen molar-refractivity contribution in [3.63, 3.8) is 0 Å². The van der Waals surface area contributed by atoms with Crippen LogP contribution in [0, 0.1) is 6.92 Å². The van der Waals surface area contributed by atoms with Crippen LogP contribution in [0.3, 0.4) is 0 Å². The van der Waals surface area contributed by atoms with Crippen molar-refractivity contribution in [3.8, 4) is 0 Å². The number of nitrogens with one attached hydrogen (secondary N) is 1. The summed E-state index contributed by atoms with van der Waals surface area (Å²) in [6, 6.07) is 15.0. The predicted octanol–water partition coefficient (Wildman–Crippen LogP) is 6.03. The Morgan fingerprint density at radius 2 is 1.86 bits per heavy atom. The minimum absolute atomic E-state index is 0.132. The lowest BCUT2D eigenvalue weighted by molar-refractivity contribution is 0.0984. The molecule has 0 aliphatic carbocycles. The number of nitrogens with zero attached hydrogens (tertiary/aromatic N) is 2. The fraction of sp³-hybridized carbons (Fsp3) is 0.0909. The molecule has 0 radical (unpaired) electrons. The van der Waals surface area contributed by atoms with E-state index in [1.54, 1.807) is 41.6 Å². The number of hydrogen-bond donors (Lipinski definition) is 1. The summed E-state index contributed by atoms with van der Waals surface area (Å²) in [6.07, 6.45) is 5.20. The molecule has 0 atom stereocenters. The van der Waals surface area contributed by atoms with Crippen LogP contribution in [0.25, 0.3) is 10.9 Å². The molecule has 0 saturated carbocycles. The Morgan fingerprint density at radius 1 is 1.07 bits per heavy atom. The van der Waals surface area contributed by atoms with Crippen LogP contribution in [0.1, 0.15) is 21.5 Å². The number of carbonyl (C=O) groups excluding carboxylic acids is 1. The fourth-order valence-electron chi connectivity index (χ4n) is 3.22. The molecule has 2 heterocycles. The zero-order valence-corrected chi connectivity index (χ0v) is 16.6. The van der Waals surface area contributed by atoms with E-state index in [0.717, 1.165) is 22.0 Å². The van der Waals surface area contributed by atoms with E-state index in [-0.39, 0.29) is 5.91 Å². The largest absolute Gasteiger partial charge is 0.361 e. The monoisotopic (exact) mass is 409 g/mol. The van der Waals surface area contributed by atoms with Crippen LogP contribution in [-0.4, -0.2) is 15.9 Å². The van der Waals surface area contributed by atoms with Crippen LogP contribution in [0.4, 0.5) is 5.69 Å². The van der Waals surface area contributed by atoms with Crippen molar-refractivity contribution in [2.45, 2.75) is 13.5 Å². The molecule has 0 unspecified atom stereocenters. The van der Waals surface area contributed by atoms with Crippen LogP contribution >= 0.6 is 23.2 Å². The first-order valence-corrected chi connectivity index (χ1v) is 9.51. The Labute approximate surface area is 172 Å². The van der Waals surface area contributed by atoms with E-state index >= 15 is 0 Å². The number of fused-ring (bicyclic) bond motifs is 1. The number of aromatic nitrogens is 2. The fourth-order valence-corrected chi connectivity index (χ4v) is 3.73. The summed E-state index contributed by atoms with van der Waals surface area (Å²) in [7, 11) is 0. The first kappa shape index (κ1) is 18.5. The molecule has 0 spiro atoms. The molecular weight excluding hydrogens is 393 g/mol. The quantitative estimate of drug-likeness (QED) is 0.447. The number of anilines is 1. The molecule has 2 aromatic carbocycles. The number of pyridine rings is 1. The van der Waals surface area contributed by atoms with Crippen molar-refractivity contribution in [3.05, 3.63) is 93.9 Å². The third-order valence-corrected chi connectivity index (χ3v) is 5.05. The molecule has 1 amide bonds. The van der Waals surface area contributed by atoms with E-state index in [2.05, 4.69) is 16.0 Å². The number of aromatic amines is 1. The lowest BCUT2D eigenvalue weighted by Gasteiger charge is -2.24. The van der Waals surface area contributed by atoms with E-state index < -0.39 is 0 Å². The van der Waals surface area contributed by atoms with Crippen molar-refractivity contribution in [2.75, 3.05) is 4.90 Å². The molecule has 6 heteroatoms. The van der Waals surface area contributed by atoms with E-state index in [1.165, 1.54) is 0 Å². The molecule has 1 N–H and O–H groups in total. The number of H-pyrrole nitrogens is 1. The number of carbonyl (C=O) groups is 1. The van der Waals surface area contributed by atoms with Gasteiger partial charge in [0.25, 0.3) is 5.91 Å².